The molecule has 1 aromatic rings. The second kappa shape index (κ2) is 4.97. The standard InChI is InChI=1S/C13H22N4O/c1-10-5-7-16(11(10)9-18)8-13-15-14-12-4-2-3-6-17(12)13/h10-11,18H,2-9H2,1H3. The van der Waals surface area contributed by atoms with E-state index < -0.39 is 0 Å². The predicted octanol–water partition coefficient (Wildman–Crippen LogP) is 0.817. The average molecular weight is 250 g/mol. The summed E-state index contributed by atoms with van der Waals surface area (Å²) >= 11 is 0. The summed E-state index contributed by atoms with van der Waals surface area (Å²) in [6, 6.07) is 0.293. The fraction of sp³-hybridized carbons (Fsp3) is 0.846. The molecule has 0 bridgehead atoms. The van der Waals surface area contributed by atoms with Gasteiger partial charge in [-0.25, -0.2) is 0 Å². The van der Waals surface area contributed by atoms with Crippen LogP contribution in [0.5, 0.6) is 0 Å². The number of aromatic nitrogens is 3. The lowest BCUT2D eigenvalue weighted by Crippen LogP contribution is -2.35. The molecule has 2 aliphatic rings. The van der Waals surface area contributed by atoms with Crippen molar-refractivity contribution in [3.63, 3.8) is 0 Å². The third kappa shape index (κ3) is 2.06. The second-order valence-electron chi connectivity index (χ2n) is 5.63. The highest BCUT2D eigenvalue weighted by atomic mass is 16.3. The summed E-state index contributed by atoms with van der Waals surface area (Å²) < 4.78 is 2.28. The van der Waals surface area contributed by atoms with Crippen LogP contribution in [0.3, 0.4) is 0 Å². The van der Waals surface area contributed by atoms with Crippen molar-refractivity contribution < 1.29 is 5.11 Å². The van der Waals surface area contributed by atoms with E-state index in [9.17, 15) is 5.11 Å². The fourth-order valence-electron chi connectivity index (χ4n) is 3.25. The number of hydrogen-bond donors (Lipinski definition) is 1. The van der Waals surface area contributed by atoms with Crippen LogP contribution in [0.25, 0.3) is 0 Å². The van der Waals surface area contributed by atoms with Gasteiger partial charge in [-0.3, -0.25) is 4.90 Å². The van der Waals surface area contributed by atoms with Crippen molar-refractivity contribution in [3.8, 4) is 0 Å². The predicted molar refractivity (Wildman–Crippen MR) is 68.0 cm³/mol. The van der Waals surface area contributed by atoms with Gasteiger partial charge in [-0.05, 0) is 31.7 Å². The molecule has 0 amide bonds. The van der Waals surface area contributed by atoms with E-state index in [4.69, 9.17) is 0 Å². The number of nitrogens with zero attached hydrogens (tertiary/aromatic N) is 4. The van der Waals surface area contributed by atoms with Gasteiger partial charge in [-0.1, -0.05) is 6.92 Å². The number of aliphatic hydroxyl groups excluding tert-OH is 1. The normalized spacial score (nSPS) is 28.6. The molecular formula is C13H22N4O. The van der Waals surface area contributed by atoms with Crippen molar-refractivity contribution in [1.82, 2.24) is 19.7 Å². The quantitative estimate of drug-likeness (QED) is 0.863. The van der Waals surface area contributed by atoms with E-state index in [1.807, 2.05) is 0 Å². The summed E-state index contributed by atoms with van der Waals surface area (Å²) in [6.07, 6.45) is 4.70. The maximum Gasteiger partial charge on any atom is 0.147 e. The number of aliphatic hydroxyl groups is 1. The summed E-state index contributed by atoms with van der Waals surface area (Å²) in [5.74, 6) is 2.81. The van der Waals surface area contributed by atoms with Gasteiger partial charge in [0.2, 0.25) is 0 Å². The Kier molecular flexibility index (Phi) is 3.35. The zero-order valence-corrected chi connectivity index (χ0v) is 11.0. The van der Waals surface area contributed by atoms with E-state index >= 15 is 0 Å². The van der Waals surface area contributed by atoms with Gasteiger partial charge in [-0.2, -0.15) is 0 Å². The van der Waals surface area contributed by atoms with Crippen molar-refractivity contribution in [2.24, 2.45) is 5.92 Å². The van der Waals surface area contributed by atoms with Crippen LogP contribution in [0, 0.1) is 5.92 Å². The van der Waals surface area contributed by atoms with Crippen LogP contribution >= 0.6 is 0 Å². The Labute approximate surface area is 108 Å². The Morgan fingerprint density at radius 2 is 2.17 bits per heavy atom. The average Bonchev–Trinajstić information content (AvgIpc) is 2.95. The summed E-state index contributed by atoms with van der Waals surface area (Å²) in [7, 11) is 0. The van der Waals surface area contributed by atoms with Crippen molar-refractivity contribution in [1.29, 1.82) is 0 Å². The molecule has 1 fully saturated rings. The number of fused-ring (bicyclic) bond motifs is 1. The minimum Gasteiger partial charge on any atom is -0.395 e. The van der Waals surface area contributed by atoms with Gasteiger partial charge < -0.3 is 9.67 Å². The fourth-order valence-corrected chi connectivity index (χ4v) is 3.25. The maximum atomic E-state index is 9.49. The molecule has 1 N–H and O–H groups in total. The molecule has 18 heavy (non-hydrogen) atoms. The van der Waals surface area contributed by atoms with Crippen molar-refractivity contribution >= 4 is 0 Å². The highest BCUT2D eigenvalue weighted by Crippen LogP contribution is 2.25. The molecule has 1 saturated heterocycles. The molecule has 1 aromatic heterocycles. The van der Waals surface area contributed by atoms with E-state index in [2.05, 4.69) is 26.6 Å². The summed E-state index contributed by atoms with van der Waals surface area (Å²) in [5.41, 5.74) is 0. The lowest BCUT2D eigenvalue weighted by molar-refractivity contribution is 0.130. The Morgan fingerprint density at radius 1 is 1.28 bits per heavy atom. The molecular weight excluding hydrogens is 228 g/mol. The van der Waals surface area contributed by atoms with E-state index in [-0.39, 0.29) is 6.61 Å². The molecule has 2 atom stereocenters. The van der Waals surface area contributed by atoms with Crippen LogP contribution in [0.15, 0.2) is 0 Å². The Bertz CT molecular complexity index is 417. The number of likely N-dealkylation sites (tertiary alicyclic amines) is 1. The molecule has 100 valence electrons. The van der Waals surface area contributed by atoms with Crippen LogP contribution < -0.4 is 0 Å². The smallest absolute Gasteiger partial charge is 0.147 e. The number of aryl methyl sites for hydroxylation is 1. The minimum absolute atomic E-state index is 0.252. The van der Waals surface area contributed by atoms with Crippen LogP contribution in [-0.2, 0) is 19.5 Å². The Morgan fingerprint density at radius 3 is 3.00 bits per heavy atom. The first-order valence-electron chi connectivity index (χ1n) is 7.05. The largest absolute Gasteiger partial charge is 0.395 e. The van der Waals surface area contributed by atoms with E-state index in [1.165, 1.54) is 19.3 Å². The maximum absolute atomic E-state index is 9.49. The van der Waals surface area contributed by atoms with Crippen molar-refractivity contribution in [2.75, 3.05) is 13.2 Å². The topological polar surface area (TPSA) is 54.2 Å². The van der Waals surface area contributed by atoms with Crippen LogP contribution in [0.2, 0.25) is 0 Å². The lowest BCUT2D eigenvalue weighted by Gasteiger charge is -2.25. The van der Waals surface area contributed by atoms with Gasteiger partial charge >= 0.3 is 0 Å². The second-order valence-corrected chi connectivity index (χ2v) is 5.63. The highest BCUT2D eigenvalue weighted by molar-refractivity contribution is 5.00. The SMILES string of the molecule is CC1CCN(Cc2nnc3n2CCCC3)C1CO. The first-order valence-corrected chi connectivity index (χ1v) is 7.05. The van der Waals surface area contributed by atoms with E-state index in [1.54, 1.807) is 0 Å². The number of rotatable bonds is 3. The van der Waals surface area contributed by atoms with Crippen LogP contribution in [0.4, 0.5) is 0 Å². The first kappa shape index (κ1) is 12.1. The van der Waals surface area contributed by atoms with Crippen molar-refractivity contribution in [3.05, 3.63) is 11.6 Å². The Hall–Kier alpha value is -0.940. The molecule has 0 spiro atoms. The zero-order valence-electron chi connectivity index (χ0n) is 11.0. The molecule has 0 saturated carbocycles. The molecule has 5 heteroatoms. The molecule has 0 radical (unpaired) electrons. The molecule has 5 nitrogen and oxygen atoms in total. The molecule has 2 unspecified atom stereocenters. The molecule has 3 heterocycles. The molecule has 0 aromatic carbocycles. The van der Waals surface area contributed by atoms with Crippen LogP contribution in [0.1, 0.15) is 37.8 Å². The van der Waals surface area contributed by atoms with Gasteiger partial charge in [-0.15, -0.1) is 10.2 Å². The van der Waals surface area contributed by atoms with Crippen molar-refractivity contribution in [2.45, 2.75) is 51.7 Å². The summed E-state index contributed by atoms with van der Waals surface area (Å²) in [5, 5.41) is 18.1. The first-order chi connectivity index (χ1) is 8.79. The number of hydrogen-bond acceptors (Lipinski definition) is 4. The van der Waals surface area contributed by atoms with Crippen LogP contribution in [-0.4, -0.2) is 44.0 Å². The third-order valence-electron chi connectivity index (χ3n) is 4.47. The Balaban J connectivity index is 1.74. The summed E-state index contributed by atoms with van der Waals surface area (Å²) in [6.45, 7) is 5.43. The third-order valence-corrected chi connectivity index (χ3v) is 4.47. The van der Waals surface area contributed by atoms with Gasteiger partial charge in [0.05, 0.1) is 13.2 Å². The van der Waals surface area contributed by atoms with Gasteiger partial charge in [0.25, 0.3) is 0 Å². The van der Waals surface area contributed by atoms with E-state index in [0.29, 0.717) is 12.0 Å². The van der Waals surface area contributed by atoms with E-state index in [0.717, 1.165) is 37.7 Å². The van der Waals surface area contributed by atoms with Gasteiger partial charge in [0.15, 0.2) is 0 Å². The monoisotopic (exact) mass is 250 g/mol. The highest BCUT2D eigenvalue weighted by Gasteiger charge is 2.31. The van der Waals surface area contributed by atoms with Gasteiger partial charge in [0.1, 0.15) is 11.6 Å². The summed E-state index contributed by atoms with van der Waals surface area (Å²) in [4.78, 5) is 2.36. The molecule has 0 aliphatic carbocycles. The minimum atomic E-state index is 0.252. The molecule has 3 rings (SSSR count). The zero-order chi connectivity index (χ0) is 12.5. The lowest BCUT2D eigenvalue weighted by atomic mass is 10.0. The molecule has 2 aliphatic heterocycles. The van der Waals surface area contributed by atoms with Gasteiger partial charge in [0, 0.05) is 19.0 Å².